The smallest absolute Gasteiger partial charge is 0.257 e. The van der Waals surface area contributed by atoms with E-state index in [9.17, 15) is 4.79 Å². The van der Waals surface area contributed by atoms with Gasteiger partial charge in [0.05, 0.1) is 17.0 Å². The van der Waals surface area contributed by atoms with Crippen LogP contribution in [0.25, 0.3) is 10.6 Å². The molecule has 2 aliphatic heterocycles. The molecule has 2 aromatic heterocycles. The predicted molar refractivity (Wildman–Crippen MR) is 121 cm³/mol. The zero-order chi connectivity index (χ0) is 20.3. The Kier molecular flexibility index (Phi) is 5.69. The molecule has 0 atom stereocenters. The topological polar surface area (TPSA) is 41.4 Å². The van der Waals surface area contributed by atoms with Crippen LogP contribution in [0.4, 0.5) is 0 Å². The van der Waals surface area contributed by atoms with Crippen molar-refractivity contribution >= 4 is 17.2 Å². The van der Waals surface area contributed by atoms with Gasteiger partial charge in [-0.2, -0.15) is 5.10 Å². The van der Waals surface area contributed by atoms with E-state index in [0.29, 0.717) is 12.6 Å². The number of amides is 1. The molecule has 3 aromatic rings. The molecule has 2 aliphatic rings. The molecule has 2 fully saturated rings. The Hall–Kier alpha value is -2.44. The van der Waals surface area contributed by atoms with Crippen LogP contribution in [0, 0.1) is 0 Å². The van der Waals surface area contributed by atoms with Crippen molar-refractivity contribution in [2.45, 2.75) is 38.3 Å². The number of carbonyl (C=O) groups excluding carboxylic acids is 1. The van der Waals surface area contributed by atoms with Crippen LogP contribution in [0.15, 0.2) is 54.0 Å². The summed E-state index contributed by atoms with van der Waals surface area (Å²) in [5.74, 6) is 0.123. The molecule has 5 rings (SSSR count). The van der Waals surface area contributed by atoms with Gasteiger partial charge in [0.2, 0.25) is 0 Å². The molecule has 1 aromatic carbocycles. The van der Waals surface area contributed by atoms with E-state index < -0.39 is 0 Å². The number of hydrogen-bond donors (Lipinski definition) is 0. The van der Waals surface area contributed by atoms with Crippen LogP contribution in [-0.2, 0) is 6.54 Å². The maximum absolute atomic E-state index is 13.5. The third-order valence-electron chi connectivity index (χ3n) is 6.34. The molecule has 2 saturated heterocycles. The SMILES string of the molecule is O=C(c1cn(Cc2ccccc2)nc1-c1cccs1)N1CCC(N2CCCC2)CC1. The van der Waals surface area contributed by atoms with Gasteiger partial charge in [0.25, 0.3) is 5.91 Å². The normalized spacial score (nSPS) is 18.2. The molecule has 0 N–H and O–H groups in total. The van der Waals surface area contributed by atoms with Crippen molar-refractivity contribution in [3.05, 3.63) is 65.2 Å². The zero-order valence-electron chi connectivity index (χ0n) is 17.2. The number of carbonyl (C=O) groups is 1. The van der Waals surface area contributed by atoms with Crippen LogP contribution >= 0.6 is 11.3 Å². The lowest BCUT2D eigenvalue weighted by Crippen LogP contribution is -2.45. The van der Waals surface area contributed by atoms with Gasteiger partial charge in [-0.25, -0.2) is 0 Å². The minimum absolute atomic E-state index is 0.123. The number of aromatic nitrogens is 2. The first-order chi connectivity index (χ1) is 14.8. The van der Waals surface area contributed by atoms with E-state index in [1.165, 1.54) is 31.5 Å². The molecule has 0 aliphatic carbocycles. The van der Waals surface area contributed by atoms with Crippen LogP contribution in [0.5, 0.6) is 0 Å². The van der Waals surface area contributed by atoms with E-state index in [-0.39, 0.29) is 5.91 Å². The van der Waals surface area contributed by atoms with Gasteiger partial charge >= 0.3 is 0 Å². The monoisotopic (exact) mass is 420 g/mol. The molecule has 0 saturated carbocycles. The highest BCUT2D eigenvalue weighted by Gasteiger charge is 2.30. The molecule has 156 valence electrons. The van der Waals surface area contributed by atoms with Gasteiger partial charge in [0.1, 0.15) is 5.69 Å². The summed E-state index contributed by atoms with van der Waals surface area (Å²) < 4.78 is 1.91. The quantitative estimate of drug-likeness (QED) is 0.616. The number of rotatable bonds is 5. The fraction of sp³-hybridized carbons (Fsp3) is 0.417. The molecular formula is C24H28N4OS. The van der Waals surface area contributed by atoms with Crippen LogP contribution in [0.1, 0.15) is 41.6 Å². The third kappa shape index (κ3) is 4.07. The highest BCUT2D eigenvalue weighted by molar-refractivity contribution is 7.13. The molecule has 5 nitrogen and oxygen atoms in total. The minimum atomic E-state index is 0.123. The van der Waals surface area contributed by atoms with E-state index >= 15 is 0 Å². The number of benzene rings is 1. The average molecular weight is 421 g/mol. The van der Waals surface area contributed by atoms with Gasteiger partial charge in [-0.15, -0.1) is 11.3 Å². The lowest BCUT2D eigenvalue weighted by atomic mass is 10.0. The van der Waals surface area contributed by atoms with Crippen LogP contribution in [0.3, 0.4) is 0 Å². The van der Waals surface area contributed by atoms with Crippen molar-refractivity contribution in [2.24, 2.45) is 0 Å². The van der Waals surface area contributed by atoms with Crippen LogP contribution in [-0.4, -0.2) is 57.7 Å². The highest BCUT2D eigenvalue weighted by Crippen LogP contribution is 2.29. The highest BCUT2D eigenvalue weighted by atomic mass is 32.1. The number of piperidine rings is 1. The Bertz CT molecular complexity index is 968. The van der Waals surface area contributed by atoms with Crippen molar-refractivity contribution in [1.82, 2.24) is 19.6 Å². The summed E-state index contributed by atoms with van der Waals surface area (Å²) in [5.41, 5.74) is 2.73. The van der Waals surface area contributed by atoms with Crippen molar-refractivity contribution in [2.75, 3.05) is 26.2 Å². The minimum Gasteiger partial charge on any atom is -0.338 e. The first-order valence-corrected chi connectivity index (χ1v) is 11.8. The first-order valence-electron chi connectivity index (χ1n) is 11.0. The molecule has 0 unspecified atom stereocenters. The predicted octanol–water partition coefficient (Wildman–Crippen LogP) is 4.36. The van der Waals surface area contributed by atoms with E-state index in [4.69, 9.17) is 5.10 Å². The summed E-state index contributed by atoms with van der Waals surface area (Å²) >= 11 is 1.64. The summed E-state index contributed by atoms with van der Waals surface area (Å²) in [5, 5.41) is 6.86. The average Bonchev–Trinajstić information content (AvgIpc) is 3.55. The van der Waals surface area contributed by atoms with E-state index in [2.05, 4.69) is 23.1 Å². The Labute approximate surface area is 181 Å². The Balaban J connectivity index is 1.35. The van der Waals surface area contributed by atoms with Gasteiger partial charge < -0.3 is 9.80 Å². The van der Waals surface area contributed by atoms with Gasteiger partial charge in [-0.1, -0.05) is 36.4 Å². The number of likely N-dealkylation sites (tertiary alicyclic amines) is 2. The second kappa shape index (κ2) is 8.74. The first kappa shape index (κ1) is 19.5. The van der Waals surface area contributed by atoms with Gasteiger partial charge in [-0.05, 0) is 55.8 Å². The van der Waals surface area contributed by atoms with E-state index in [0.717, 1.165) is 42.1 Å². The van der Waals surface area contributed by atoms with E-state index in [1.54, 1.807) is 11.3 Å². The molecule has 4 heterocycles. The van der Waals surface area contributed by atoms with Crippen LogP contribution < -0.4 is 0 Å². The molecule has 0 bridgehead atoms. The zero-order valence-corrected chi connectivity index (χ0v) is 18.1. The van der Waals surface area contributed by atoms with Crippen molar-refractivity contribution in [3.63, 3.8) is 0 Å². The maximum Gasteiger partial charge on any atom is 0.257 e. The van der Waals surface area contributed by atoms with Crippen molar-refractivity contribution in [3.8, 4) is 10.6 Å². The lowest BCUT2D eigenvalue weighted by Gasteiger charge is -2.36. The maximum atomic E-state index is 13.5. The van der Waals surface area contributed by atoms with Gasteiger partial charge in [0, 0.05) is 25.3 Å². The number of thiophene rings is 1. The lowest BCUT2D eigenvalue weighted by molar-refractivity contribution is 0.0645. The molecule has 6 heteroatoms. The van der Waals surface area contributed by atoms with Crippen molar-refractivity contribution < 1.29 is 4.79 Å². The summed E-state index contributed by atoms with van der Waals surface area (Å²) in [6.07, 6.45) is 6.75. The van der Waals surface area contributed by atoms with Gasteiger partial charge in [0.15, 0.2) is 0 Å². The summed E-state index contributed by atoms with van der Waals surface area (Å²) in [6.45, 7) is 4.81. The number of hydrogen-bond acceptors (Lipinski definition) is 4. The summed E-state index contributed by atoms with van der Waals surface area (Å²) in [6, 6.07) is 15.0. The summed E-state index contributed by atoms with van der Waals surface area (Å²) in [4.78, 5) is 19.2. The molecule has 0 radical (unpaired) electrons. The second-order valence-electron chi connectivity index (χ2n) is 8.32. The molecule has 30 heavy (non-hydrogen) atoms. The second-order valence-corrected chi connectivity index (χ2v) is 9.27. The fourth-order valence-electron chi connectivity index (χ4n) is 4.74. The van der Waals surface area contributed by atoms with E-state index in [1.807, 2.05) is 45.4 Å². The fourth-order valence-corrected chi connectivity index (χ4v) is 5.46. The number of nitrogens with zero attached hydrogens (tertiary/aromatic N) is 4. The standard InChI is InChI=1S/C24H28N4OS/c29-24(27-14-10-20(11-15-27)26-12-4-5-13-26)21-18-28(17-19-7-2-1-3-8-19)25-23(21)22-9-6-16-30-22/h1-3,6-9,16,18,20H,4-5,10-15,17H2. The molecule has 1 amide bonds. The Morgan fingerprint density at radius 1 is 1.00 bits per heavy atom. The van der Waals surface area contributed by atoms with Crippen molar-refractivity contribution in [1.29, 1.82) is 0 Å². The largest absolute Gasteiger partial charge is 0.338 e. The Morgan fingerprint density at radius 3 is 2.47 bits per heavy atom. The molecule has 0 spiro atoms. The molecular weight excluding hydrogens is 392 g/mol. The summed E-state index contributed by atoms with van der Waals surface area (Å²) in [7, 11) is 0. The van der Waals surface area contributed by atoms with Gasteiger partial charge in [-0.3, -0.25) is 9.48 Å². The van der Waals surface area contributed by atoms with Crippen LogP contribution in [0.2, 0.25) is 0 Å². The third-order valence-corrected chi connectivity index (χ3v) is 7.22. The Morgan fingerprint density at radius 2 is 1.77 bits per heavy atom.